The van der Waals surface area contributed by atoms with Gasteiger partial charge in [-0.1, -0.05) is 37.6 Å². The van der Waals surface area contributed by atoms with E-state index in [-0.39, 0.29) is 6.61 Å². The molecule has 112 valence electrons. The smallest absolute Gasteiger partial charge is 0.127 e. The van der Waals surface area contributed by atoms with Gasteiger partial charge in [0.15, 0.2) is 0 Å². The average Bonchev–Trinajstić information content (AvgIpc) is 2.55. The van der Waals surface area contributed by atoms with E-state index in [1.54, 1.807) is 7.11 Å². The molecule has 0 spiro atoms. The standard InChI is InChI=1S/C18H22O3/c1-3-4-11-21-18-12-14(13-19)5-10-17(18)15-6-8-16(20-2)9-7-15/h5-10,12,19H,3-4,11,13H2,1-2H3. The topological polar surface area (TPSA) is 38.7 Å². The largest absolute Gasteiger partial charge is 0.497 e. The fourth-order valence-electron chi connectivity index (χ4n) is 2.12. The summed E-state index contributed by atoms with van der Waals surface area (Å²) in [4.78, 5) is 0. The molecule has 0 amide bonds. The van der Waals surface area contributed by atoms with Gasteiger partial charge in [-0.15, -0.1) is 0 Å². The van der Waals surface area contributed by atoms with Crippen molar-refractivity contribution in [1.82, 2.24) is 0 Å². The molecule has 3 nitrogen and oxygen atoms in total. The number of unbranched alkanes of at least 4 members (excludes halogenated alkanes) is 1. The summed E-state index contributed by atoms with van der Waals surface area (Å²) in [5.74, 6) is 1.65. The molecule has 21 heavy (non-hydrogen) atoms. The summed E-state index contributed by atoms with van der Waals surface area (Å²) in [6.07, 6.45) is 2.11. The van der Waals surface area contributed by atoms with Crippen molar-refractivity contribution in [3.05, 3.63) is 48.0 Å². The number of aliphatic hydroxyl groups is 1. The maximum absolute atomic E-state index is 9.29. The molecule has 0 radical (unpaired) electrons. The third-order valence-electron chi connectivity index (χ3n) is 3.39. The maximum atomic E-state index is 9.29. The van der Waals surface area contributed by atoms with Gasteiger partial charge >= 0.3 is 0 Å². The van der Waals surface area contributed by atoms with Gasteiger partial charge in [-0.25, -0.2) is 0 Å². The zero-order chi connectivity index (χ0) is 15.1. The number of ether oxygens (including phenoxy) is 2. The summed E-state index contributed by atoms with van der Waals surface area (Å²) in [7, 11) is 1.66. The lowest BCUT2D eigenvalue weighted by molar-refractivity contribution is 0.278. The predicted molar refractivity (Wildman–Crippen MR) is 84.8 cm³/mol. The molecular formula is C18H22O3. The van der Waals surface area contributed by atoms with Gasteiger partial charge in [-0.3, -0.25) is 0 Å². The highest BCUT2D eigenvalue weighted by Crippen LogP contribution is 2.32. The van der Waals surface area contributed by atoms with Gasteiger partial charge in [0, 0.05) is 5.56 Å². The van der Waals surface area contributed by atoms with Gasteiger partial charge in [0.05, 0.1) is 20.3 Å². The Bertz CT molecular complexity index is 561. The van der Waals surface area contributed by atoms with Crippen LogP contribution in [0.1, 0.15) is 25.3 Å². The molecule has 0 saturated heterocycles. The van der Waals surface area contributed by atoms with Gasteiger partial charge in [0.2, 0.25) is 0 Å². The van der Waals surface area contributed by atoms with Gasteiger partial charge in [0.25, 0.3) is 0 Å². The van der Waals surface area contributed by atoms with Gasteiger partial charge < -0.3 is 14.6 Å². The molecule has 0 fully saturated rings. The van der Waals surface area contributed by atoms with E-state index in [1.807, 2.05) is 42.5 Å². The minimum absolute atomic E-state index is 0.0209. The van der Waals surface area contributed by atoms with Crippen LogP contribution in [0.5, 0.6) is 11.5 Å². The van der Waals surface area contributed by atoms with Crippen LogP contribution in [0.15, 0.2) is 42.5 Å². The Kier molecular flexibility index (Phi) is 5.64. The monoisotopic (exact) mass is 286 g/mol. The Hall–Kier alpha value is -2.00. The highest BCUT2D eigenvalue weighted by atomic mass is 16.5. The lowest BCUT2D eigenvalue weighted by Crippen LogP contribution is -1.99. The fraction of sp³-hybridized carbons (Fsp3) is 0.333. The van der Waals surface area contributed by atoms with Crippen LogP contribution >= 0.6 is 0 Å². The lowest BCUT2D eigenvalue weighted by atomic mass is 10.0. The highest BCUT2D eigenvalue weighted by molar-refractivity contribution is 5.71. The van der Waals surface area contributed by atoms with Crippen LogP contribution < -0.4 is 9.47 Å². The molecule has 0 aromatic heterocycles. The summed E-state index contributed by atoms with van der Waals surface area (Å²) in [6, 6.07) is 13.7. The summed E-state index contributed by atoms with van der Waals surface area (Å²) < 4.78 is 11.1. The molecular weight excluding hydrogens is 264 g/mol. The molecule has 1 N–H and O–H groups in total. The number of aliphatic hydroxyl groups excluding tert-OH is 1. The first-order valence-corrected chi connectivity index (χ1v) is 7.29. The van der Waals surface area contributed by atoms with Crippen LogP contribution in [0.25, 0.3) is 11.1 Å². The molecule has 2 aromatic carbocycles. The molecule has 0 aliphatic rings. The number of hydrogen-bond donors (Lipinski definition) is 1. The van der Waals surface area contributed by atoms with E-state index in [2.05, 4.69) is 6.92 Å². The van der Waals surface area contributed by atoms with Crippen LogP contribution in [-0.4, -0.2) is 18.8 Å². The van der Waals surface area contributed by atoms with Crippen molar-refractivity contribution in [2.45, 2.75) is 26.4 Å². The van der Waals surface area contributed by atoms with E-state index in [1.165, 1.54) is 0 Å². The number of benzene rings is 2. The summed E-state index contributed by atoms with van der Waals surface area (Å²) in [6.45, 7) is 2.85. The lowest BCUT2D eigenvalue weighted by Gasteiger charge is -2.13. The molecule has 0 atom stereocenters. The third kappa shape index (κ3) is 3.99. The molecule has 3 heteroatoms. The Balaban J connectivity index is 2.31. The van der Waals surface area contributed by atoms with Crippen LogP contribution in [0.3, 0.4) is 0 Å². The minimum atomic E-state index is 0.0209. The van der Waals surface area contributed by atoms with Crippen molar-refractivity contribution >= 4 is 0 Å². The van der Waals surface area contributed by atoms with Crippen LogP contribution in [-0.2, 0) is 6.61 Å². The SMILES string of the molecule is CCCCOc1cc(CO)ccc1-c1ccc(OC)cc1. The van der Waals surface area contributed by atoms with E-state index in [9.17, 15) is 5.11 Å². The Labute approximate surface area is 126 Å². The molecule has 0 aliphatic carbocycles. The first kappa shape index (κ1) is 15.4. The van der Waals surface area contributed by atoms with Crippen LogP contribution in [0, 0.1) is 0 Å². The highest BCUT2D eigenvalue weighted by Gasteiger charge is 2.08. The summed E-state index contributed by atoms with van der Waals surface area (Å²) in [5.41, 5.74) is 2.97. The third-order valence-corrected chi connectivity index (χ3v) is 3.39. The molecule has 0 unspecified atom stereocenters. The first-order chi connectivity index (χ1) is 10.3. The molecule has 2 rings (SSSR count). The molecule has 0 heterocycles. The van der Waals surface area contributed by atoms with E-state index in [4.69, 9.17) is 9.47 Å². The van der Waals surface area contributed by atoms with Gasteiger partial charge in [-0.2, -0.15) is 0 Å². The van der Waals surface area contributed by atoms with Crippen molar-refractivity contribution in [2.75, 3.05) is 13.7 Å². The van der Waals surface area contributed by atoms with Gasteiger partial charge in [0.1, 0.15) is 11.5 Å². The zero-order valence-corrected chi connectivity index (χ0v) is 12.6. The number of hydrogen-bond acceptors (Lipinski definition) is 3. The van der Waals surface area contributed by atoms with Crippen molar-refractivity contribution in [3.63, 3.8) is 0 Å². The Morgan fingerprint density at radius 1 is 1.05 bits per heavy atom. The van der Waals surface area contributed by atoms with Crippen LogP contribution in [0.4, 0.5) is 0 Å². The van der Waals surface area contributed by atoms with E-state index < -0.39 is 0 Å². The molecule has 0 bridgehead atoms. The second-order valence-corrected chi connectivity index (χ2v) is 4.92. The maximum Gasteiger partial charge on any atom is 0.127 e. The van der Waals surface area contributed by atoms with E-state index in [0.29, 0.717) is 6.61 Å². The van der Waals surface area contributed by atoms with E-state index >= 15 is 0 Å². The molecule has 2 aromatic rings. The number of rotatable bonds is 7. The summed E-state index contributed by atoms with van der Waals surface area (Å²) >= 11 is 0. The van der Waals surface area contributed by atoms with Crippen molar-refractivity contribution < 1.29 is 14.6 Å². The van der Waals surface area contributed by atoms with Crippen molar-refractivity contribution in [1.29, 1.82) is 0 Å². The predicted octanol–water partition coefficient (Wildman–Crippen LogP) is 4.03. The average molecular weight is 286 g/mol. The first-order valence-electron chi connectivity index (χ1n) is 7.29. The van der Waals surface area contributed by atoms with Gasteiger partial charge in [-0.05, 0) is 35.7 Å². The quantitative estimate of drug-likeness (QED) is 0.781. The molecule has 0 aliphatic heterocycles. The van der Waals surface area contributed by atoms with Crippen molar-refractivity contribution in [2.24, 2.45) is 0 Å². The van der Waals surface area contributed by atoms with Crippen LogP contribution in [0.2, 0.25) is 0 Å². The number of methoxy groups -OCH3 is 1. The normalized spacial score (nSPS) is 10.4. The zero-order valence-electron chi connectivity index (χ0n) is 12.6. The molecule has 0 saturated carbocycles. The van der Waals surface area contributed by atoms with E-state index in [0.717, 1.165) is 41.0 Å². The second kappa shape index (κ2) is 7.70. The van der Waals surface area contributed by atoms with Crippen molar-refractivity contribution in [3.8, 4) is 22.6 Å². The second-order valence-electron chi connectivity index (χ2n) is 4.92. The Morgan fingerprint density at radius 3 is 2.43 bits per heavy atom. The fourth-order valence-corrected chi connectivity index (χ4v) is 2.12. The summed E-state index contributed by atoms with van der Waals surface area (Å²) in [5, 5.41) is 9.29. The Morgan fingerprint density at radius 2 is 1.81 bits per heavy atom. The minimum Gasteiger partial charge on any atom is -0.497 e.